The van der Waals surface area contributed by atoms with Gasteiger partial charge in [-0.25, -0.2) is 4.79 Å². The van der Waals surface area contributed by atoms with E-state index in [9.17, 15) is 9.59 Å². The molecule has 0 bridgehead atoms. The topological polar surface area (TPSA) is 84.7 Å². The minimum atomic E-state index is -0.344. The molecular weight excluding hydrogens is 282 g/mol. The zero-order valence-corrected chi connectivity index (χ0v) is 13.3. The molecule has 1 fully saturated rings. The first-order valence-electron chi connectivity index (χ1n) is 7.41. The Balaban J connectivity index is 2.03. The molecule has 6 nitrogen and oxygen atoms in total. The van der Waals surface area contributed by atoms with Gasteiger partial charge >= 0.3 is 6.03 Å². The van der Waals surface area contributed by atoms with E-state index in [0.717, 1.165) is 16.9 Å². The molecule has 0 aromatic heterocycles. The lowest BCUT2D eigenvalue weighted by Gasteiger charge is -2.22. The summed E-state index contributed by atoms with van der Waals surface area (Å²) >= 11 is 0. The van der Waals surface area contributed by atoms with Gasteiger partial charge in [-0.2, -0.15) is 0 Å². The number of carbonyl (C=O) groups is 2. The molecule has 0 aliphatic carbocycles. The Morgan fingerprint density at radius 2 is 2.18 bits per heavy atom. The Kier molecular flexibility index (Phi) is 4.90. The summed E-state index contributed by atoms with van der Waals surface area (Å²) in [4.78, 5) is 25.1. The number of methoxy groups -OCH3 is 1. The lowest BCUT2D eigenvalue weighted by atomic mass is 10.0. The summed E-state index contributed by atoms with van der Waals surface area (Å²) in [6, 6.07) is 5.50. The average molecular weight is 305 g/mol. The molecule has 2 atom stereocenters. The zero-order chi connectivity index (χ0) is 16.3. The molecule has 2 rings (SSSR count). The van der Waals surface area contributed by atoms with E-state index in [4.69, 9.17) is 10.5 Å². The summed E-state index contributed by atoms with van der Waals surface area (Å²) in [5.74, 6) is 0.160. The third-order valence-corrected chi connectivity index (χ3v) is 4.07. The van der Waals surface area contributed by atoms with Gasteiger partial charge in [0, 0.05) is 18.7 Å². The quantitative estimate of drug-likeness (QED) is 0.885. The van der Waals surface area contributed by atoms with Crippen molar-refractivity contribution in [1.29, 1.82) is 0 Å². The highest BCUT2D eigenvalue weighted by Gasteiger charge is 2.30. The van der Waals surface area contributed by atoms with Gasteiger partial charge in [-0.1, -0.05) is 17.7 Å². The second-order valence-corrected chi connectivity index (χ2v) is 5.75. The van der Waals surface area contributed by atoms with Crippen molar-refractivity contribution in [1.82, 2.24) is 10.2 Å². The number of ether oxygens (including phenoxy) is 1. The van der Waals surface area contributed by atoms with Crippen molar-refractivity contribution in [2.75, 3.05) is 20.2 Å². The Bertz CT molecular complexity index is 574. The fourth-order valence-corrected chi connectivity index (χ4v) is 2.72. The molecule has 3 amide bonds. The van der Waals surface area contributed by atoms with Gasteiger partial charge in [0.25, 0.3) is 0 Å². The highest BCUT2D eigenvalue weighted by molar-refractivity contribution is 5.80. The number of carbonyl (C=O) groups excluding carboxylic acids is 2. The second-order valence-electron chi connectivity index (χ2n) is 5.75. The normalized spacial score (nSPS) is 18.9. The van der Waals surface area contributed by atoms with Crippen LogP contribution in [0.1, 0.15) is 30.5 Å². The maximum Gasteiger partial charge on any atom is 0.317 e. The average Bonchev–Trinajstić information content (AvgIpc) is 2.97. The van der Waals surface area contributed by atoms with Crippen LogP contribution < -0.4 is 15.8 Å². The molecule has 22 heavy (non-hydrogen) atoms. The molecule has 0 spiro atoms. The maximum atomic E-state index is 12.3. The maximum absolute atomic E-state index is 12.3. The van der Waals surface area contributed by atoms with Crippen molar-refractivity contribution >= 4 is 11.9 Å². The van der Waals surface area contributed by atoms with Gasteiger partial charge in [0.2, 0.25) is 5.91 Å². The fourth-order valence-electron chi connectivity index (χ4n) is 2.72. The summed E-state index contributed by atoms with van der Waals surface area (Å²) in [6.45, 7) is 4.85. The largest absolute Gasteiger partial charge is 0.496 e. The Morgan fingerprint density at radius 3 is 2.77 bits per heavy atom. The molecule has 0 unspecified atom stereocenters. The Hall–Kier alpha value is -2.24. The van der Waals surface area contributed by atoms with Crippen LogP contribution in [0.4, 0.5) is 4.79 Å². The van der Waals surface area contributed by atoms with E-state index in [1.807, 2.05) is 32.0 Å². The van der Waals surface area contributed by atoms with Gasteiger partial charge < -0.3 is 20.7 Å². The minimum Gasteiger partial charge on any atom is -0.496 e. The number of rotatable bonds is 4. The number of urea groups is 1. The van der Waals surface area contributed by atoms with E-state index < -0.39 is 0 Å². The predicted molar refractivity (Wildman–Crippen MR) is 83.6 cm³/mol. The molecular formula is C16H23N3O3. The number of hydrogen-bond acceptors (Lipinski definition) is 3. The molecule has 120 valence electrons. The number of hydrogen-bond donors (Lipinski definition) is 2. The number of nitrogens with zero attached hydrogens (tertiary/aromatic N) is 1. The van der Waals surface area contributed by atoms with Gasteiger partial charge in [0.1, 0.15) is 5.75 Å². The van der Waals surface area contributed by atoms with Gasteiger partial charge in [0.05, 0.1) is 19.1 Å². The van der Waals surface area contributed by atoms with E-state index >= 15 is 0 Å². The number of amides is 3. The van der Waals surface area contributed by atoms with E-state index in [-0.39, 0.29) is 23.9 Å². The van der Waals surface area contributed by atoms with Crippen molar-refractivity contribution < 1.29 is 14.3 Å². The Morgan fingerprint density at radius 1 is 1.45 bits per heavy atom. The predicted octanol–water partition coefficient (Wildman–Crippen LogP) is 1.58. The standard InChI is InChI=1S/C16H23N3O3/c1-10-4-5-14(22-3)13(8-10)11(2)18-16(21)19-7-6-12(9-19)15(17)20/h4-5,8,11-12H,6-7,9H2,1-3H3,(H2,17,20)(H,18,21)/t11-,12-/m1/s1. The van der Waals surface area contributed by atoms with E-state index in [1.54, 1.807) is 12.0 Å². The van der Waals surface area contributed by atoms with Crippen LogP contribution in [0.3, 0.4) is 0 Å². The molecule has 1 saturated heterocycles. The SMILES string of the molecule is COc1ccc(C)cc1[C@@H](C)NC(=O)N1CC[C@@H](C(N)=O)C1. The molecule has 6 heteroatoms. The van der Waals surface area contributed by atoms with Gasteiger partial charge in [-0.3, -0.25) is 4.79 Å². The molecule has 3 N–H and O–H groups in total. The third-order valence-electron chi connectivity index (χ3n) is 4.07. The number of nitrogens with one attached hydrogen (secondary N) is 1. The summed E-state index contributed by atoms with van der Waals surface area (Å²) < 4.78 is 5.35. The van der Waals surface area contributed by atoms with Crippen molar-refractivity contribution in [3.63, 3.8) is 0 Å². The number of likely N-dealkylation sites (tertiary alicyclic amines) is 1. The van der Waals surface area contributed by atoms with Crippen LogP contribution in [0.2, 0.25) is 0 Å². The monoisotopic (exact) mass is 305 g/mol. The van der Waals surface area contributed by atoms with E-state index in [1.165, 1.54) is 0 Å². The molecule has 0 radical (unpaired) electrons. The summed E-state index contributed by atoms with van der Waals surface area (Å²) in [5, 5.41) is 2.95. The number of benzene rings is 1. The van der Waals surface area contributed by atoms with Crippen molar-refractivity contribution in [2.45, 2.75) is 26.3 Å². The minimum absolute atomic E-state index is 0.181. The molecule has 1 aromatic carbocycles. The summed E-state index contributed by atoms with van der Waals surface area (Å²) in [6.07, 6.45) is 0.630. The summed E-state index contributed by atoms with van der Waals surface area (Å²) in [7, 11) is 1.61. The van der Waals surface area contributed by atoms with Crippen LogP contribution in [0.25, 0.3) is 0 Å². The van der Waals surface area contributed by atoms with Crippen molar-refractivity contribution in [3.05, 3.63) is 29.3 Å². The van der Waals surface area contributed by atoms with Crippen LogP contribution in [0, 0.1) is 12.8 Å². The third kappa shape index (κ3) is 3.50. The van der Waals surface area contributed by atoms with Crippen LogP contribution >= 0.6 is 0 Å². The molecule has 0 saturated carbocycles. The van der Waals surface area contributed by atoms with Gasteiger partial charge in [-0.15, -0.1) is 0 Å². The number of primary amides is 1. The van der Waals surface area contributed by atoms with E-state index in [2.05, 4.69) is 5.32 Å². The highest BCUT2D eigenvalue weighted by Crippen LogP contribution is 2.26. The summed E-state index contributed by atoms with van der Waals surface area (Å²) in [5.41, 5.74) is 7.33. The first kappa shape index (κ1) is 16.1. The molecule has 1 aromatic rings. The van der Waals surface area contributed by atoms with Crippen LogP contribution in [0.15, 0.2) is 18.2 Å². The van der Waals surface area contributed by atoms with Gasteiger partial charge in [0.15, 0.2) is 0 Å². The molecule has 1 heterocycles. The highest BCUT2D eigenvalue weighted by atomic mass is 16.5. The zero-order valence-electron chi connectivity index (χ0n) is 13.3. The molecule has 1 aliphatic rings. The van der Waals surface area contributed by atoms with Gasteiger partial charge in [-0.05, 0) is 26.3 Å². The Labute approximate surface area is 130 Å². The lowest BCUT2D eigenvalue weighted by Crippen LogP contribution is -2.40. The number of nitrogens with two attached hydrogens (primary N) is 1. The van der Waals surface area contributed by atoms with Crippen LogP contribution in [-0.2, 0) is 4.79 Å². The van der Waals surface area contributed by atoms with E-state index in [0.29, 0.717) is 19.5 Å². The second kappa shape index (κ2) is 6.68. The van der Waals surface area contributed by atoms with Crippen molar-refractivity contribution in [3.8, 4) is 5.75 Å². The fraction of sp³-hybridized carbons (Fsp3) is 0.500. The smallest absolute Gasteiger partial charge is 0.317 e. The number of aryl methyl sites for hydroxylation is 1. The lowest BCUT2D eigenvalue weighted by molar-refractivity contribution is -0.121. The molecule has 1 aliphatic heterocycles. The van der Waals surface area contributed by atoms with Crippen LogP contribution in [-0.4, -0.2) is 37.0 Å². The van der Waals surface area contributed by atoms with Crippen LogP contribution in [0.5, 0.6) is 5.75 Å². The first-order valence-corrected chi connectivity index (χ1v) is 7.41. The first-order chi connectivity index (χ1) is 10.4. The van der Waals surface area contributed by atoms with Crippen molar-refractivity contribution in [2.24, 2.45) is 11.7 Å².